The van der Waals surface area contributed by atoms with E-state index in [4.69, 9.17) is 9.84 Å². The van der Waals surface area contributed by atoms with E-state index in [0.29, 0.717) is 5.75 Å². The van der Waals surface area contributed by atoms with Crippen LogP contribution in [-0.4, -0.2) is 24.7 Å². The molecule has 0 saturated heterocycles. The summed E-state index contributed by atoms with van der Waals surface area (Å²) in [6, 6.07) is 3.42. The normalized spacial score (nSPS) is 13.2. The molecule has 4 heteroatoms. The number of carboxylic acid groups (broad SMARTS) is 1. The summed E-state index contributed by atoms with van der Waals surface area (Å²) in [7, 11) is 1.54. The lowest BCUT2D eigenvalue weighted by atomic mass is 10.1. The standard InChI is InChI=1S/C10H11NO3/c1-14-7-4-6-2-3-11-9(6)8(5-7)10(12)13/h4-5,11H,2-3H2,1H3,(H,12,13). The van der Waals surface area contributed by atoms with Gasteiger partial charge in [-0.2, -0.15) is 0 Å². The first kappa shape index (κ1) is 8.87. The predicted octanol–water partition coefficient (Wildman–Crippen LogP) is 1.36. The van der Waals surface area contributed by atoms with Gasteiger partial charge in [0.05, 0.1) is 18.4 Å². The van der Waals surface area contributed by atoms with Crippen molar-refractivity contribution in [2.45, 2.75) is 6.42 Å². The van der Waals surface area contributed by atoms with Crippen molar-refractivity contribution in [1.29, 1.82) is 0 Å². The minimum Gasteiger partial charge on any atom is -0.497 e. The maximum Gasteiger partial charge on any atom is 0.337 e. The molecule has 0 bridgehead atoms. The largest absolute Gasteiger partial charge is 0.497 e. The third kappa shape index (κ3) is 1.28. The highest BCUT2D eigenvalue weighted by molar-refractivity contribution is 5.96. The van der Waals surface area contributed by atoms with E-state index in [-0.39, 0.29) is 5.56 Å². The molecule has 74 valence electrons. The molecule has 0 atom stereocenters. The number of ether oxygens (including phenoxy) is 1. The molecule has 2 N–H and O–H groups in total. The topological polar surface area (TPSA) is 58.6 Å². The highest BCUT2D eigenvalue weighted by atomic mass is 16.5. The van der Waals surface area contributed by atoms with E-state index in [9.17, 15) is 4.79 Å². The Bertz CT molecular complexity index is 387. The summed E-state index contributed by atoms with van der Waals surface area (Å²) in [6.45, 7) is 0.794. The van der Waals surface area contributed by atoms with E-state index in [1.165, 1.54) is 7.11 Å². The van der Waals surface area contributed by atoms with Gasteiger partial charge in [-0.3, -0.25) is 0 Å². The molecule has 4 nitrogen and oxygen atoms in total. The number of hydrogen-bond donors (Lipinski definition) is 2. The number of aromatic carboxylic acids is 1. The van der Waals surface area contributed by atoms with Gasteiger partial charge >= 0.3 is 5.97 Å². The van der Waals surface area contributed by atoms with Gasteiger partial charge in [0.25, 0.3) is 0 Å². The summed E-state index contributed by atoms with van der Waals surface area (Å²) < 4.78 is 5.04. The molecule has 1 aliphatic rings. The van der Waals surface area contributed by atoms with Gasteiger partial charge in [-0.05, 0) is 24.1 Å². The summed E-state index contributed by atoms with van der Waals surface area (Å²) in [6.07, 6.45) is 0.854. The number of hydrogen-bond acceptors (Lipinski definition) is 3. The van der Waals surface area contributed by atoms with E-state index in [1.807, 2.05) is 6.07 Å². The number of nitrogens with one attached hydrogen (secondary N) is 1. The number of fused-ring (bicyclic) bond motifs is 1. The summed E-state index contributed by atoms with van der Waals surface area (Å²) in [5.41, 5.74) is 2.04. The zero-order valence-corrected chi connectivity index (χ0v) is 7.83. The van der Waals surface area contributed by atoms with Gasteiger partial charge in [-0.25, -0.2) is 4.79 Å². The summed E-state index contributed by atoms with van der Waals surface area (Å²) >= 11 is 0. The van der Waals surface area contributed by atoms with Crippen LogP contribution in [0.4, 0.5) is 5.69 Å². The quantitative estimate of drug-likeness (QED) is 0.744. The third-order valence-corrected chi connectivity index (χ3v) is 2.36. The molecule has 2 rings (SSSR count). The minimum atomic E-state index is -0.922. The average Bonchev–Trinajstić information content (AvgIpc) is 2.63. The Hall–Kier alpha value is -1.71. The van der Waals surface area contributed by atoms with Crippen LogP contribution >= 0.6 is 0 Å². The van der Waals surface area contributed by atoms with E-state index in [0.717, 1.165) is 24.2 Å². The fourth-order valence-electron chi connectivity index (χ4n) is 1.69. The average molecular weight is 193 g/mol. The van der Waals surface area contributed by atoms with Crippen LogP contribution in [0.3, 0.4) is 0 Å². The Morgan fingerprint density at radius 1 is 1.57 bits per heavy atom. The Labute approximate surface area is 81.5 Å². The van der Waals surface area contributed by atoms with Gasteiger partial charge in [0.1, 0.15) is 5.75 Å². The second kappa shape index (κ2) is 3.21. The summed E-state index contributed by atoms with van der Waals surface area (Å²) in [5.74, 6) is -0.320. The van der Waals surface area contributed by atoms with Crippen LogP contribution in [-0.2, 0) is 6.42 Å². The molecular weight excluding hydrogens is 182 g/mol. The number of methoxy groups -OCH3 is 1. The first-order chi connectivity index (χ1) is 6.72. The first-order valence-corrected chi connectivity index (χ1v) is 4.40. The molecule has 0 unspecified atom stereocenters. The van der Waals surface area contributed by atoms with E-state index >= 15 is 0 Å². The second-order valence-electron chi connectivity index (χ2n) is 3.19. The Kier molecular flexibility index (Phi) is 2.04. The van der Waals surface area contributed by atoms with Crippen molar-refractivity contribution < 1.29 is 14.6 Å². The molecule has 0 amide bonds. The van der Waals surface area contributed by atoms with Gasteiger partial charge in [0.2, 0.25) is 0 Å². The highest BCUT2D eigenvalue weighted by Crippen LogP contribution is 2.31. The SMILES string of the molecule is COc1cc2c(c(C(=O)O)c1)NCC2. The van der Waals surface area contributed by atoms with Crippen molar-refractivity contribution in [2.75, 3.05) is 19.0 Å². The van der Waals surface area contributed by atoms with Gasteiger partial charge in [-0.1, -0.05) is 0 Å². The van der Waals surface area contributed by atoms with Crippen LogP contribution in [0.1, 0.15) is 15.9 Å². The molecule has 0 aromatic heterocycles. The molecule has 0 aliphatic carbocycles. The number of rotatable bonds is 2. The van der Waals surface area contributed by atoms with Crippen molar-refractivity contribution in [3.05, 3.63) is 23.3 Å². The van der Waals surface area contributed by atoms with Crippen LogP contribution < -0.4 is 10.1 Å². The predicted molar refractivity (Wildman–Crippen MR) is 52.1 cm³/mol. The Morgan fingerprint density at radius 3 is 3.00 bits per heavy atom. The van der Waals surface area contributed by atoms with Crippen LogP contribution in [0.15, 0.2) is 12.1 Å². The summed E-state index contributed by atoms with van der Waals surface area (Å²) in [5, 5.41) is 12.0. The summed E-state index contributed by atoms with van der Waals surface area (Å²) in [4.78, 5) is 10.9. The maximum atomic E-state index is 10.9. The molecule has 1 heterocycles. The molecule has 0 fully saturated rings. The van der Waals surface area contributed by atoms with Crippen molar-refractivity contribution in [3.8, 4) is 5.75 Å². The van der Waals surface area contributed by atoms with E-state index in [1.54, 1.807) is 6.07 Å². The van der Waals surface area contributed by atoms with E-state index < -0.39 is 5.97 Å². The molecule has 1 aromatic rings. The number of carbonyl (C=O) groups is 1. The van der Waals surface area contributed by atoms with Crippen molar-refractivity contribution in [3.63, 3.8) is 0 Å². The maximum absolute atomic E-state index is 10.9. The molecular formula is C10H11NO3. The lowest BCUT2D eigenvalue weighted by Crippen LogP contribution is -2.02. The van der Waals surface area contributed by atoms with E-state index in [2.05, 4.69) is 5.32 Å². The Morgan fingerprint density at radius 2 is 2.36 bits per heavy atom. The van der Waals surface area contributed by atoms with Crippen molar-refractivity contribution in [1.82, 2.24) is 0 Å². The van der Waals surface area contributed by atoms with Crippen molar-refractivity contribution in [2.24, 2.45) is 0 Å². The monoisotopic (exact) mass is 193 g/mol. The van der Waals surface area contributed by atoms with Gasteiger partial charge in [0.15, 0.2) is 0 Å². The van der Waals surface area contributed by atoms with Crippen molar-refractivity contribution >= 4 is 11.7 Å². The minimum absolute atomic E-state index is 0.289. The third-order valence-electron chi connectivity index (χ3n) is 2.36. The van der Waals surface area contributed by atoms with Crippen LogP contribution in [0.5, 0.6) is 5.75 Å². The van der Waals surface area contributed by atoms with Crippen LogP contribution in [0.25, 0.3) is 0 Å². The number of carboxylic acids is 1. The van der Waals surface area contributed by atoms with Gasteiger partial charge in [0, 0.05) is 6.54 Å². The molecule has 14 heavy (non-hydrogen) atoms. The molecule has 1 aromatic carbocycles. The number of anilines is 1. The van der Waals surface area contributed by atoms with Gasteiger partial charge in [-0.15, -0.1) is 0 Å². The lowest BCUT2D eigenvalue weighted by molar-refractivity contribution is 0.0697. The second-order valence-corrected chi connectivity index (χ2v) is 3.19. The molecule has 0 spiro atoms. The highest BCUT2D eigenvalue weighted by Gasteiger charge is 2.19. The fourth-order valence-corrected chi connectivity index (χ4v) is 1.69. The molecule has 1 aliphatic heterocycles. The van der Waals surface area contributed by atoms with Crippen LogP contribution in [0.2, 0.25) is 0 Å². The lowest BCUT2D eigenvalue weighted by Gasteiger charge is -2.07. The molecule has 0 saturated carbocycles. The number of benzene rings is 1. The zero-order chi connectivity index (χ0) is 10.1. The van der Waals surface area contributed by atoms with Gasteiger partial charge < -0.3 is 15.2 Å². The van der Waals surface area contributed by atoms with Crippen LogP contribution in [0, 0.1) is 0 Å². The first-order valence-electron chi connectivity index (χ1n) is 4.40. The smallest absolute Gasteiger partial charge is 0.337 e. The zero-order valence-electron chi connectivity index (χ0n) is 7.83. The fraction of sp³-hybridized carbons (Fsp3) is 0.300. The molecule has 0 radical (unpaired) electrons. The Balaban J connectivity index is 2.57.